The van der Waals surface area contributed by atoms with Gasteiger partial charge in [-0.05, 0) is 35.6 Å². The molecule has 2 heterocycles. The molecule has 34 heavy (non-hydrogen) atoms. The molecule has 2 fully saturated rings. The monoisotopic (exact) mass is 484 g/mol. The van der Waals surface area contributed by atoms with Crippen molar-refractivity contribution in [2.24, 2.45) is 0 Å². The molecule has 0 unspecified atom stereocenters. The average Bonchev–Trinajstić information content (AvgIpc) is 3.11. The quantitative estimate of drug-likeness (QED) is 0.582. The molecule has 0 radical (unpaired) electrons. The lowest BCUT2D eigenvalue weighted by Crippen LogP contribution is -2.52. The van der Waals surface area contributed by atoms with Crippen molar-refractivity contribution in [1.29, 1.82) is 0 Å². The van der Waals surface area contributed by atoms with Gasteiger partial charge in [0.25, 0.3) is 5.91 Å². The summed E-state index contributed by atoms with van der Waals surface area (Å²) < 4.78 is 27.7. The second-order valence-corrected chi connectivity index (χ2v) is 10.9. The molecule has 0 aromatic heterocycles. The number of nitrogens with one attached hydrogen (secondary N) is 1. The van der Waals surface area contributed by atoms with Gasteiger partial charge in [-0.2, -0.15) is 4.31 Å². The molecular weight excluding hydrogens is 452 g/mol. The van der Waals surface area contributed by atoms with Crippen LogP contribution in [0.4, 0.5) is 4.79 Å². The Morgan fingerprint density at radius 3 is 2.24 bits per heavy atom. The van der Waals surface area contributed by atoms with Crippen molar-refractivity contribution in [2.45, 2.75) is 43.5 Å². The van der Waals surface area contributed by atoms with Gasteiger partial charge in [0.2, 0.25) is 10.0 Å². The van der Waals surface area contributed by atoms with E-state index in [4.69, 9.17) is 0 Å². The molecule has 2 aromatic rings. The van der Waals surface area contributed by atoms with Gasteiger partial charge >= 0.3 is 6.03 Å². The summed E-state index contributed by atoms with van der Waals surface area (Å²) in [5, 5.41) is 2.77. The van der Waals surface area contributed by atoms with Gasteiger partial charge in [0, 0.05) is 32.6 Å². The summed E-state index contributed by atoms with van der Waals surface area (Å²) in [6.45, 7) is 5.91. The number of carbonyl (C=O) groups excluding carboxylic acids is 2. The number of urea groups is 1. The van der Waals surface area contributed by atoms with Crippen LogP contribution in [0.1, 0.15) is 37.3 Å². The van der Waals surface area contributed by atoms with Crippen LogP contribution in [0.5, 0.6) is 0 Å². The van der Waals surface area contributed by atoms with Crippen LogP contribution >= 0.6 is 0 Å². The summed E-state index contributed by atoms with van der Waals surface area (Å²) in [7, 11) is -3.58. The first kappa shape index (κ1) is 24.4. The van der Waals surface area contributed by atoms with E-state index in [9.17, 15) is 18.0 Å². The van der Waals surface area contributed by atoms with Crippen molar-refractivity contribution >= 4 is 22.0 Å². The first-order valence-corrected chi connectivity index (χ1v) is 13.2. The molecule has 2 aliphatic rings. The Hall–Kier alpha value is -2.75. The Balaban J connectivity index is 1.33. The van der Waals surface area contributed by atoms with Crippen LogP contribution in [-0.2, 0) is 21.2 Å². The Bertz CT molecular complexity index is 1110. The number of sulfonamides is 1. The molecule has 4 rings (SSSR count). The Morgan fingerprint density at radius 1 is 0.971 bits per heavy atom. The zero-order chi connectivity index (χ0) is 24.3. The molecule has 2 saturated heterocycles. The Labute approximate surface area is 201 Å². The van der Waals surface area contributed by atoms with Crippen LogP contribution in [-0.4, -0.2) is 73.4 Å². The molecule has 2 aromatic carbocycles. The lowest BCUT2D eigenvalue weighted by molar-refractivity contribution is -0.129. The van der Waals surface area contributed by atoms with Crippen LogP contribution < -0.4 is 5.32 Å². The third-order valence-corrected chi connectivity index (χ3v) is 8.67. The van der Waals surface area contributed by atoms with Gasteiger partial charge in [0.1, 0.15) is 6.04 Å². The molecular formula is C25H32N4O4S. The van der Waals surface area contributed by atoms with Crippen LogP contribution in [0.3, 0.4) is 0 Å². The van der Waals surface area contributed by atoms with E-state index in [1.54, 1.807) is 12.1 Å². The van der Waals surface area contributed by atoms with E-state index >= 15 is 0 Å². The van der Waals surface area contributed by atoms with Crippen molar-refractivity contribution in [1.82, 2.24) is 19.4 Å². The van der Waals surface area contributed by atoms with Gasteiger partial charge in [0.15, 0.2) is 0 Å². The van der Waals surface area contributed by atoms with E-state index in [0.717, 1.165) is 17.5 Å². The number of hydrogen-bond donors (Lipinski definition) is 1. The van der Waals surface area contributed by atoms with Gasteiger partial charge in [-0.25, -0.2) is 18.1 Å². The molecule has 2 atom stereocenters. The van der Waals surface area contributed by atoms with Crippen molar-refractivity contribution in [3.8, 4) is 0 Å². The number of carbonyl (C=O) groups is 2. The number of rotatable bonds is 8. The minimum Gasteiger partial charge on any atom is -0.325 e. The maximum atomic E-state index is 13.1. The van der Waals surface area contributed by atoms with Crippen LogP contribution in [0.25, 0.3) is 0 Å². The largest absolute Gasteiger partial charge is 0.325 e. The molecule has 1 N–H and O–H groups in total. The number of amides is 3. The summed E-state index contributed by atoms with van der Waals surface area (Å²) in [6, 6.07) is 15.8. The highest BCUT2D eigenvalue weighted by molar-refractivity contribution is 7.89. The second-order valence-electron chi connectivity index (χ2n) is 9.00. The average molecular weight is 485 g/mol. The van der Waals surface area contributed by atoms with Gasteiger partial charge in [-0.3, -0.25) is 9.69 Å². The number of imide groups is 1. The summed E-state index contributed by atoms with van der Waals surface area (Å²) in [6.07, 6.45) is 1.45. The minimum absolute atomic E-state index is 0.160. The van der Waals surface area contributed by atoms with Crippen molar-refractivity contribution in [2.75, 3.05) is 32.8 Å². The van der Waals surface area contributed by atoms with Gasteiger partial charge < -0.3 is 5.32 Å². The fourth-order valence-electron chi connectivity index (χ4n) is 4.36. The minimum atomic E-state index is -3.58. The fraction of sp³-hybridized carbons (Fsp3) is 0.440. The number of benzene rings is 2. The predicted molar refractivity (Wildman–Crippen MR) is 130 cm³/mol. The van der Waals surface area contributed by atoms with Crippen molar-refractivity contribution in [3.63, 3.8) is 0 Å². The standard InChI is InChI=1S/C25H32N4O4S/c1-3-19(2)21-9-11-22(12-10-21)34(32,33)28-15-13-27(14-16-28)18-29-24(30)23(26-25(29)31)17-20-7-5-4-6-8-20/h4-12,19,23H,3,13-18H2,1-2H3,(H,26,31)/t19-,23+/m1/s1. The molecule has 9 heteroatoms. The summed E-state index contributed by atoms with van der Waals surface area (Å²) in [5.41, 5.74) is 2.12. The Morgan fingerprint density at radius 2 is 1.62 bits per heavy atom. The summed E-state index contributed by atoms with van der Waals surface area (Å²) in [4.78, 5) is 28.7. The van der Waals surface area contributed by atoms with Gasteiger partial charge in [0.05, 0.1) is 11.6 Å². The summed E-state index contributed by atoms with van der Waals surface area (Å²) in [5.74, 6) is 0.142. The van der Waals surface area contributed by atoms with Crippen LogP contribution in [0.15, 0.2) is 59.5 Å². The van der Waals surface area contributed by atoms with Crippen molar-refractivity contribution < 1.29 is 18.0 Å². The number of piperazine rings is 1. The van der Waals surface area contributed by atoms with Crippen molar-refractivity contribution in [3.05, 3.63) is 65.7 Å². The van der Waals surface area contributed by atoms with E-state index in [1.165, 1.54) is 9.21 Å². The lowest BCUT2D eigenvalue weighted by atomic mass is 9.99. The molecule has 0 aliphatic carbocycles. The Kier molecular flexibility index (Phi) is 7.35. The molecule has 182 valence electrons. The SMILES string of the molecule is CC[C@@H](C)c1ccc(S(=O)(=O)N2CCN(CN3C(=O)N[C@@H](Cc4ccccc4)C3=O)CC2)cc1. The van der Waals surface area contributed by atoms with E-state index in [0.29, 0.717) is 43.4 Å². The molecule has 2 aliphatic heterocycles. The highest BCUT2D eigenvalue weighted by Gasteiger charge is 2.39. The predicted octanol–water partition coefficient (Wildman–Crippen LogP) is 2.63. The van der Waals surface area contributed by atoms with E-state index in [-0.39, 0.29) is 12.6 Å². The molecule has 8 nitrogen and oxygen atoms in total. The number of nitrogens with zero attached hydrogens (tertiary/aromatic N) is 3. The molecule has 0 bridgehead atoms. The van der Waals surface area contributed by atoms with Gasteiger partial charge in [-0.1, -0.05) is 56.3 Å². The molecule has 3 amide bonds. The second kappa shape index (κ2) is 10.2. The lowest BCUT2D eigenvalue weighted by Gasteiger charge is -2.35. The first-order chi connectivity index (χ1) is 16.3. The van der Waals surface area contributed by atoms with Crippen LogP contribution in [0, 0.1) is 0 Å². The maximum Gasteiger partial charge on any atom is 0.325 e. The number of hydrogen-bond acceptors (Lipinski definition) is 5. The smallest absolute Gasteiger partial charge is 0.325 e. The molecule has 0 spiro atoms. The maximum absolute atomic E-state index is 13.1. The van der Waals surface area contributed by atoms with Crippen LogP contribution in [0.2, 0.25) is 0 Å². The zero-order valence-corrected chi connectivity index (χ0v) is 20.5. The van der Waals surface area contributed by atoms with E-state index in [2.05, 4.69) is 19.2 Å². The van der Waals surface area contributed by atoms with E-state index in [1.807, 2.05) is 47.4 Å². The molecule has 0 saturated carbocycles. The van der Waals surface area contributed by atoms with Gasteiger partial charge in [-0.15, -0.1) is 0 Å². The third-order valence-electron chi connectivity index (χ3n) is 6.76. The normalized spacial score (nSPS) is 21.0. The van der Waals surface area contributed by atoms with E-state index < -0.39 is 22.1 Å². The third kappa shape index (κ3) is 5.16. The fourth-order valence-corrected chi connectivity index (χ4v) is 5.79. The topological polar surface area (TPSA) is 90.0 Å². The first-order valence-electron chi connectivity index (χ1n) is 11.8. The highest BCUT2D eigenvalue weighted by Crippen LogP contribution is 2.23. The highest BCUT2D eigenvalue weighted by atomic mass is 32.2. The zero-order valence-electron chi connectivity index (χ0n) is 19.7. The summed E-state index contributed by atoms with van der Waals surface area (Å²) >= 11 is 0.